The Bertz CT molecular complexity index is 1020. The second kappa shape index (κ2) is 7.72. The van der Waals surface area contributed by atoms with E-state index in [1.807, 2.05) is 37.4 Å². The second-order valence-electron chi connectivity index (χ2n) is 7.03. The molecule has 1 aromatic heterocycles. The highest BCUT2D eigenvalue weighted by atomic mass is 16.5. The summed E-state index contributed by atoms with van der Waals surface area (Å²) < 4.78 is 5.35. The van der Waals surface area contributed by atoms with E-state index >= 15 is 0 Å². The van der Waals surface area contributed by atoms with Crippen molar-refractivity contribution in [1.82, 2.24) is 4.98 Å². The Kier molecular flexibility index (Phi) is 4.98. The standard InChI is InChI=1S/C23H23N3O2/c1-16-7-8-22(28-2)21(11-16)25-23(27)19-12-20(14-24-13-19)26-10-9-17-5-3-4-6-18(17)15-26/h3-8,11-14H,9-10,15H2,1-2H3,(H,25,27). The second-order valence-corrected chi connectivity index (χ2v) is 7.03. The highest BCUT2D eigenvalue weighted by Crippen LogP contribution is 2.27. The number of benzene rings is 2. The molecule has 0 radical (unpaired) electrons. The molecule has 1 aliphatic heterocycles. The third-order valence-electron chi connectivity index (χ3n) is 5.08. The molecule has 5 nitrogen and oxygen atoms in total. The number of aromatic nitrogens is 1. The molecule has 3 aromatic rings. The molecular weight excluding hydrogens is 350 g/mol. The molecule has 0 unspecified atom stereocenters. The lowest BCUT2D eigenvalue weighted by atomic mass is 9.99. The van der Waals surface area contributed by atoms with E-state index in [4.69, 9.17) is 4.74 Å². The number of ether oxygens (including phenoxy) is 1. The summed E-state index contributed by atoms with van der Waals surface area (Å²) >= 11 is 0. The van der Waals surface area contributed by atoms with Crippen molar-refractivity contribution in [1.29, 1.82) is 0 Å². The average Bonchev–Trinajstić information content (AvgIpc) is 2.73. The van der Waals surface area contributed by atoms with Crippen molar-refractivity contribution in [2.24, 2.45) is 0 Å². The van der Waals surface area contributed by atoms with Crippen LogP contribution < -0.4 is 15.0 Å². The first-order valence-corrected chi connectivity index (χ1v) is 9.37. The van der Waals surface area contributed by atoms with Crippen molar-refractivity contribution in [3.05, 3.63) is 83.2 Å². The van der Waals surface area contributed by atoms with Gasteiger partial charge in [-0.3, -0.25) is 9.78 Å². The predicted molar refractivity (Wildman–Crippen MR) is 111 cm³/mol. The fourth-order valence-corrected chi connectivity index (χ4v) is 3.56. The first-order valence-electron chi connectivity index (χ1n) is 9.37. The minimum absolute atomic E-state index is 0.198. The molecule has 1 N–H and O–H groups in total. The largest absolute Gasteiger partial charge is 0.495 e. The summed E-state index contributed by atoms with van der Waals surface area (Å²) in [5.74, 6) is 0.436. The summed E-state index contributed by atoms with van der Waals surface area (Å²) in [6, 6.07) is 16.1. The monoisotopic (exact) mass is 373 g/mol. The molecule has 2 heterocycles. The van der Waals surface area contributed by atoms with E-state index in [2.05, 4.69) is 39.5 Å². The Hall–Kier alpha value is -3.34. The topological polar surface area (TPSA) is 54.5 Å². The SMILES string of the molecule is COc1ccc(C)cc1NC(=O)c1cncc(N2CCc3ccccc3C2)c1. The minimum atomic E-state index is -0.198. The number of hydrogen-bond acceptors (Lipinski definition) is 4. The van der Waals surface area contributed by atoms with Gasteiger partial charge in [0, 0.05) is 19.3 Å². The summed E-state index contributed by atoms with van der Waals surface area (Å²) in [4.78, 5) is 19.4. The Balaban J connectivity index is 1.54. The van der Waals surface area contributed by atoms with Crippen LogP contribution in [0.3, 0.4) is 0 Å². The molecule has 1 aliphatic rings. The third-order valence-corrected chi connectivity index (χ3v) is 5.08. The molecule has 0 spiro atoms. The fraction of sp³-hybridized carbons (Fsp3) is 0.217. The van der Waals surface area contributed by atoms with Gasteiger partial charge in [-0.25, -0.2) is 0 Å². The quantitative estimate of drug-likeness (QED) is 0.744. The van der Waals surface area contributed by atoms with Crippen LogP contribution in [0, 0.1) is 6.92 Å². The summed E-state index contributed by atoms with van der Waals surface area (Å²) in [6.07, 6.45) is 4.41. The van der Waals surface area contributed by atoms with Gasteiger partial charge in [-0.1, -0.05) is 30.3 Å². The molecule has 0 saturated carbocycles. The molecule has 28 heavy (non-hydrogen) atoms. The lowest BCUT2D eigenvalue weighted by Crippen LogP contribution is -2.30. The highest BCUT2D eigenvalue weighted by Gasteiger charge is 2.18. The molecule has 0 bridgehead atoms. The maximum Gasteiger partial charge on any atom is 0.257 e. The molecule has 5 heteroatoms. The van der Waals surface area contributed by atoms with Crippen LogP contribution in [0.4, 0.5) is 11.4 Å². The summed E-state index contributed by atoms with van der Waals surface area (Å²) in [5, 5.41) is 2.94. The van der Waals surface area contributed by atoms with Gasteiger partial charge >= 0.3 is 0 Å². The van der Waals surface area contributed by atoms with Crippen molar-refractivity contribution in [2.45, 2.75) is 19.9 Å². The summed E-state index contributed by atoms with van der Waals surface area (Å²) in [7, 11) is 1.59. The van der Waals surface area contributed by atoms with Crippen molar-refractivity contribution < 1.29 is 9.53 Å². The smallest absolute Gasteiger partial charge is 0.257 e. The van der Waals surface area contributed by atoms with E-state index in [1.54, 1.807) is 13.3 Å². The normalized spacial score (nSPS) is 13.0. The maximum absolute atomic E-state index is 12.8. The van der Waals surface area contributed by atoms with Crippen LogP contribution in [-0.4, -0.2) is 24.5 Å². The van der Waals surface area contributed by atoms with Crippen LogP contribution in [0.2, 0.25) is 0 Å². The van der Waals surface area contributed by atoms with Gasteiger partial charge < -0.3 is 15.0 Å². The van der Waals surface area contributed by atoms with Gasteiger partial charge in [-0.05, 0) is 48.2 Å². The zero-order valence-electron chi connectivity index (χ0n) is 16.1. The van der Waals surface area contributed by atoms with E-state index in [1.165, 1.54) is 11.1 Å². The van der Waals surface area contributed by atoms with E-state index in [0.717, 1.165) is 30.8 Å². The molecular formula is C23H23N3O2. The molecule has 1 amide bonds. The van der Waals surface area contributed by atoms with E-state index in [-0.39, 0.29) is 5.91 Å². The van der Waals surface area contributed by atoms with Gasteiger partial charge in [-0.2, -0.15) is 0 Å². The Labute approximate surface area is 165 Å². The van der Waals surface area contributed by atoms with Crippen LogP contribution in [0.15, 0.2) is 60.9 Å². The number of nitrogens with zero attached hydrogens (tertiary/aromatic N) is 2. The zero-order chi connectivity index (χ0) is 19.5. The fourth-order valence-electron chi connectivity index (χ4n) is 3.56. The first-order chi connectivity index (χ1) is 13.6. The van der Waals surface area contributed by atoms with Crippen molar-refractivity contribution in [3.8, 4) is 5.75 Å². The molecule has 0 aliphatic carbocycles. The van der Waals surface area contributed by atoms with E-state index in [0.29, 0.717) is 17.0 Å². The van der Waals surface area contributed by atoms with Crippen molar-refractivity contribution >= 4 is 17.3 Å². The molecule has 0 fully saturated rings. The van der Waals surface area contributed by atoms with E-state index < -0.39 is 0 Å². The highest BCUT2D eigenvalue weighted by molar-refractivity contribution is 6.05. The van der Waals surface area contributed by atoms with E-state index in [9.17, 15) is 4.79 Å². The number of amides is 1. The van der Waals surface area contributed by atoms with Crippen LogP contribution in [0.25, 0.3) is 0 Å². The Morgan fingerprint density at radius 1 is 1.11 bits per heavy atom. The van der Waals surface area contributed by atoms with Gasteiger partial charge in [0.2, 0.25) is 0 Å². The van der Waals surface area contributed by atoms with Crippen molar-refractivity contribution in [2.75, 3.05) is 23.9 Å². The van der Waals surface area contributed by atoms with Gasteiger partial charge in [0.1, 0.15) is 5.75 Å². The number of rotatable bonds is 4. The minimum Gasteiger partial charge on any atom is -0.495 e. The summed E-state index contributed by atoms with van der Waals surface area (Å²) in [6.45, 7) is 3.72. The van der Waals surface area contributed by atoms with Crippen LogP contribution in [0.5, 0.6) is 5.75 Å². The first kappa shape index (κ1) is 18.0. The zero-order valence-corrected chi connectivity index (χ0v) is 16.1. The lowest BCUT2D eigenvalue weighted by Gasteiger charge is -2.30. The van der Waals surface area contributed by atoms with Crippen LogP contribution >= 0.6 is 0 Å². The number of fused-ring (bicyclic) bond motifs is 1. The maximum atomic E-state index is 12.8. The van der Waals surface area contributed by atoms with Gasteiger partial charge in [-0.15, -0.1) is 0 Å². The number of carbonyl (C=O) groups is 1. The number of nitrogens with one attached hydrogen (secondary N) is 1. The molecule has 142 valence electrons. The number of anilines is 2. The van der Waals surface area contributed by atoms with Crippen LogP contribution in [-0.2, 0) is 13.0 Å². The number of hydrogen-bond donors (Lipinski definition) is 1. The average molecular weight is 373 g/mol. The van der Waals surface area contributed by atoms with Crippen molar-refractivity contribution in [3.63, 3.8) is 0 Å². The number of carbonyl (C=O) groups excluding carboxylic acids is 1. The van der Waals surface area contributed by atoms with Gasteiger partial charge in [0.25, 0.3) is 5.91 Å². The number of aryl methyl sites for hydroxylation is 1. The Morgan fingerprint density at radius 2 is 1.93 bits per heavy atom. The van der Waals surface area contributed by atoms with Crippen LogP contribution in [0.1, 0.15) is 27.0 Å². The number of pyridine rings is 1. The molecule has 0 atom stereocenters. The molecule has 4 rings (SSSR count). The molecule has 2 aromatic carbocycles. The number of methoxy groups -OCH3 is 1. The Morgan fingerprint density at radius 3 is 2.75 bits per heavy atom. The lowest BCUT2D eigenvalue weighted by molar-refractivity contribution is 0.102. The summed E-state index contributed by atoms with van der Waals surface area (Å²) in [5.41, 5.74) is 5.92. The predicted octanol–water partition coefficient (Wildman–Crippen LogP) is 4.21. The third kappa shape index (κ3) is 3.69. The van der Waals surface area contributed by atoms with Gasteiger partial charge in [0.05, 0.1) is 30.2 Å². The van der Waals surface area contributed by atoms with Gasteiger partial charge in [0.15, 0.2) is 0 Å². The molecule has 0 saturated heterocycles.